The Bertz CT molecular complexity index is 866. The molecule has 1 aliphatic rings. The maximum absolute atomic E-state index is 5.91. The quantitative estimate of drug-likeness (QED) is 0.719. The van der Waals surface area contributed by atoms with Gasteiger partial charge in [0.2, 0.25) is 11.9 Å². The molecule has 1 fully saturated rings. The summed E-state index contributed by atoms with van der Waals surface area (Å²) in [5, 5.41) is 12.1. The van der Waals surface area contributed by atoms with Gasteiger partial charge in [0.15, 0.2) is 5.82 Å². The van der Waals surface area contributed by atoms with Gasteiger partial charge < -0.3 is 15.1 Å². The Kier molecular flexibility index (Phi) is 5.24. The predicted molar refractivity (Wildman–Crippen MR) is 105 cm³/mol. The van der Waals surface area contributed by atoms with Crippen LogP contribution in [-0.2, 0) is 6.54 Å². The first-order valence-corrected chi connectivity index (χ1v) is 9.11. The summed E-state index contributed by atoms with van der Waals surface area (Å²) in [7, 11) is 0. The van der Waals surface area contributed by atoms with Gasteiger partial charge in [0, 0.05) is 50.1 Å². The highest BCUT2D eigenvalue weighted by atomic mass is 35.5. The van der Waals surface area contributed by atoms with E-state index in [4.69, 9.17) is 11.6 Å². The van der Waals surface area contributed by atoms with Crippen LogP contribution in [0.4, 0.5) is 17.7 Å². The average Bonchev–Trinajstić information content (AvgIpc) is 2.74. The largest absolute Gasteiger partial charge is 0.352 e. The van der Waals surface area contributed by atoms with Gasteiger partial charge in [-0.15, -0.1) is 5.10 Å². The second kappa shape index (κ2) is 8.13. The molecule has 27 heavy (non-hydrogen) atoms. The van der Waals surface area contributed by atoms with Crippen LogP contribution in [0.25, 0.3) is 0 Å². The second-order valence-electron chi connectivity index (χ2n) is 6.14. The Morgan fingerprint density at radius 2 is 1.67 bits per heavy atom. The molecule has 0 amide bonds. The summed E-state index contributed by atoms with van der Waals surface area (Å²) >= 11 is 5.91. The van der Waals surface area contributed by atoms with E-state index in [2.05, 4.69) is 40.3 Å². The summed E-state index contributed by atoms with van der Waals surface area (Å²) in [6.07, 6.45) is 5.23. The molecule has 1 saturated heterocycles. The van der Waals surface area contributed by atoms with E-state index < -0.39 is 0 Å². The molecule has 2 aromatic heterocycles. The highest BCUT2D eigenvalue weighted by Crippen LogP contribution is 2.16. The number of hydrogen-bond acceptors (Lipinski definition) is 8. The molecule has 1 aromatic carbocycles. The smallest absolute Gasteiger partial charge is 0.244 e. The zero-order valence-electron chi connectivity index (χ0n) is 14.7. The summed E-state index contributed by atoms with van der Waals surface area (Å²) < 4.78 is 0. The molecule has 138 valence electrons. The van der Waals surface area contributed by atoms with Gasteiger partial charge >= 0.3 is 0 Å². The third-order valence-electron chi connectivity index (χ3n) is 4.35. The molecule has 0 unspecified atom stereocenters. The lowest BCUT2D eigenvalue weighted by Crippen LogP contribution is -2.47. The van der Waals surface area contributed by atoms with Gasteiger partial charge in [-0.05, 0) is 23.8 Å². The topological polar surface area (TPSA) is 83.0 Å². The normalized spacial score (nSPS) is 14.3. The molecular formula is C18H19ClN8. The van der Waals surface area contributed by atoms with Gasteiger partial charge in [-0.2, -0.15) is 10.1 Å². The van der Waals surface area contributed by atoms with E-state index in [1.54, 1.807) is 18.6 Å². The maximum Gasteiger partial charge on any atom is 0.244 e. The van der Waals surface area contributed by atoms with Crippen LogP contribution >= 0.6 is 11.6 Å². The van der Waals surface area contributed by atoms with Crippen LogP contribution < -0.4 is 15.1 Å². The molecule has 0 bridgehead atoms. The van der Waals surface area contributed by atoms with Crippen molar-refractivity contribution in [3.63, 3.8) is 0 Å². The van der Waals surface area contributed by atoms with Crippen molar-refractivity contribution >= 4 is 29.3 Å². The monoisotopic (exact) mass is 382 g/mol. The second-order valence-corrected chi connectivity index (χ2v) is 6.58. The lowest BCUT2D eigenvalue weighted by atomic mass is 10.2. The fraction of sp³-hybridized carbons (Fsp3) is 0.278. The molecule has 0 aliphatic carbocycles. The molecule has 1 aliphatic heterocycles. The van der Waals surface area contributed by atoms with Crippen molar-refractivity contribution in [2.45, 2.75) is 6.54 Å². The SMILES string of the molecule is Clc1ccc(CNc2nncc(N3CCN(c4ncccn4)CC3)n2)cc1. The molecule has 1 N–H and O–H groups in total. The number of benzene rings is 1. The van der Waals surface area contributed by atoms with Crippen LogP contribution in [0.2, 0.25) is 5.02 Å². The first-order valence-electron chi connectivity index (χ1n) is 8.73. The zero-order valence-corrected chi connectivity index (χ0v) is 15.4. The van der Waals surface area contributed by atoms with E-state index in [-0.39, 0.29) is 0 Å². The van der Waals surface area contributed by atoms with Crippen molar-refractivity contribution in [2.24, 2.45) is 0 Å². The van der Waals surface area contributed by atoms with Crippen molar-refractivity contribution in [3.05, 3.63) is 59.5 Å². The molecule has 0 atom stereocenters. The third kappa shape index (κ3) is 4.40. The van der Waals surface area contributed by atoms with Crippen molar-refractivity contribution in [1.29, 1.82) is 0 Å². The standard InChI is InChI=1S/C18H19ClN8/c19-15-4-2-14(3-5-15)12-22-17-24-16(13-23-25-17)26-8-10-27(11-9-26)18-20-6-1-7-21-18/h1-7,13H,8-12H2,(H,22,24,25). The molecule has 8 nitrogen and oxygen atoms in total. The number of anilines is 3. The summed E-state index contributed by atoms with van der Waals surface area (Å²) in [4.78, 5) is 17.6. The Morgan fingerprint density at radius 1 is 0.963 bits per heavy atom. The van der Waals surface area contributed by atoms with Crippen LogP contribution in [-0.4, -0.2) is 51.3 Å². The highest BCUT2D eigenvalue weighted by Gasteiger charge is 2.20. The van der Waals surface area contributed by atoms with Crippen LogP contribution in [0.3, 0.4) is 0 Å². The van der Waals surface area contributed by atoms with E-state index in [0.29, 0.717) is 12.5 Å². The predicted octanol–water partition coefficient (Wildman–Crippen LogP) is 2.25. The first kappa shape index (κ1) is 17.4. The molecule has 9 heteroatoms. The molecule has 0 saturated carbocycles. The van der Waals surface area contributed by atoms with Crippen LogP contribution in [0.1, 0.15) is 5.56 Å². The van der Waals surface area contributed by atoms with E-state index in [9.17, 15) is 0 Å². The van der Waals surface area contributed by atoms with Gasteiger partial charge in [0.05, 0.1) is 6.20 Å². The summed E-state index contributed by atoms with van der Waals surface area (Å²) in [5.41, 5.74) is 1.10. The van der Waals surface area contributed by atoms with Gasteiger partial charge in [-0.1, -0.05) is 23.7 Å². The van der Waals surface area contributed by atoms with Crippen molar-refractivity contribution < 1.29 is 0 Å². The fourth-order valence-electron chi connectivity index (χ4n) is 2.90. The molecule has 0 radical (unpaired) electrons. The minimum atomic E-state index is 0.510. The minimum Gasteiger partial charge on any atom is -0.352 e. The highest BCUT2D eigenvalue weighted by molar-refractivity contribution is 6.30. The van der Waals surface area contributed by atoms with Gasteiger partial charge in [-0.25, -0.2) is 9.97 Å². The van der Waals surface area contributed by atoms with Gasteiger partial charge in [0.1, 0.15) is 0 Å². The van der Waals surface area contributed by atoms with E-state index >= 15 is 0 Å². The molecule has 3 aromatic rings. The Balaban J connectivity index is 1.36. The van der Waals surface area contributed by atoms with Crippen molar-refractivity contribution in [2.75, 3.05) is 41.3 Å². The molecular weight excluding hydrogens is 364 g/mol. The first-order chi connectivity index (χ1) is 13.3. The molecule has 3 heterocycles. The number of nitrogens with one attached hydrogen (secondary N) is 1. The van der Waals surface area contributed by atoms with Crippen LogP contribution in [0.15, 0.2) is 48.9 Å². The minimum absolute atomic E-state index is 0.510. The van der Waals surface area contributed by atoms with E-state index in [1.165, 1.54) is 0 Å². The Hall–Kier alpha value is -3.00. The summed E-state index contributed by atoms with van der Waals surface area (Å²) in [6.45, 7) is 3.94. The van der Waals surface area contributed by atoms with Crippen LogP contribution in [0.5, 0.6) is 0 Å². The fourth-order valence-corrected chi connectivity index (χ4v) is 3.02. The van der Waals surface area contributed by atoms with Crippen molar-refractivity contribution in [1.82, 2.24) is 25.1 Å². The van der Waals surface area contributed by atoms with Gasteiger partial charge in [-0.3, -0.25) is 0 Å². The number of piperazine rings is 1. The number of rotatable bonds is 5. The molecule has 0 spiro atoms. The maximum atomic E-state index is 5.91. The number of hydrogen-bond donors (Lipinski definition) is 1. The van der Waals surface area contributed by atoms with Gasteiger partial charge in [0.25, 0.3) is 0 Å². The van der Waals surface area contributed by atoms with Crippen molar-refractivity contribution in [3.8, 4) is 0 Å². The summed E-state index contributed by atoms with van der Waals surface area (Å²) in [5.74, 6) is 2.09. The third-order valence-corrected chi connectivity index (χ3v) is 4.60. The molecule has 4 rings (SSSR count). The number of halogens is 1. The van der Waals surface area contributed by atoms with E-state index in [0.717, 1.165) is 48.5 Å². The lowest BCUT2D eigenvalue weighted by molar-refractivity contribution is 0.632. The summed E-state index contributed by atoms with van der Waals surface area (Å²) in [6, 6.07) is 9.49. The Morgan fingerprint density at radius 3 is 2.41 bits per heavy atom. The number of nitrogens with zero attached hydrogens (tertiary/aromatic N) is 7. The zero-order chi connectivity index (χ0) is 18.5. The Labute approximate surface area is 162 Å². The number of aromatic nitrogens is 5. The van der Waals surface area contributed by atoms with E-state index in [1.807, 2.05) is 30.3 Å². The average molecular weight is 383 g/mol. The van der Waals surface area contributed by atoms with Crippen LogP contribution in [0, 0.1) is 0 Å². The lowest BCUT2D eigenvalue weighted by Gasteiger charge is -2.35.